The van der Waals surface area contributed by atoms with Gasteiger partial charge in [-0.3, -0.25) is 0 Å². The first-order valence-corrected chi connectivity index (χ1v) is 8.17. The van der Waals surface area contributed by atoms with Gasteiger partial charge in [-0.15, -0.1) is 0 Å². The van der Waals surface area contributed by atoms with Crippen molar-refractivity contribution in [2.24, 2.45) is 0 Å². The second-order valence-corrected chi connectivity index (χ2v) is 6.29. The molecular formula is C13H22FN2O2S+. The van der Waals surface area contributed by atoms with Gasteiger partial charge in [0, 0.05) is 0 Å². The lowest BCUT2D eigenvalue weighted by Crippen LogP contribution is -3.12. The highest BCUT2D eigenvalue weighted by molar-refractivity contribution is 7.88. The first-order valence-electron chi connectivity index (χ1n) is 6.52. The Bertz CT molecular complexity index is 470. The van der Waals surface area contributed by atoms with E-state index in [2.05, 4.69) is 18.6 Å². The smallest absolute Gasteiger partial charge is 0.215 e. The summed E-state index contributed by atoms with van der Waals surface area (Å²) in [5.41, 5.74) is 0.587. The summed E-state index contributed by atoms with van der Waals surface area (Å²) in [5, 5.41) is 0. The van der Waals surface area contributed by atoms with Crippen LogP contribution in [0.4, 0.5) is 4.39 Å². The van der Waals surface area contributed by atoms with Crippen molar-refractivity contribution in [3.63, 3.8) is 0 Å². The molecule has 0 heterocycles. The number of benzene rings is 1. The normalized spacial score (nSPS) is 12.0. The molecule has 0 radical (unpaired) electrons. The molecule has 0 saturated carbocycles. The fourth-order valence-corrected chi connectivity index (χ4v) is 2.98. The molecule has 19 heavy (non-hydrogen) atoms. The van der Waals surface area contributed by atoms with Gasteiger partial charge < -0.3 is 4.90 Å². The van der Waals surface area contributed by atoms with Crippen molar-refractivity contribution in [1.29, 1.82) is 0 Å². The third-order valence-corrected chi connectivity index (χ3v) is 4.43. The molecule has 0 aromatic heterocycles. The number of likely N-dealkylation sites (N-methyl/N-ethyl adjacent to an activating group) is 1. The second-order valence-electron chi connectivity index (χ2n) is 4.49. The molecule has 108 valence electrons. The molecule has 1 aromatic carbocycles. The standard InChI is InChI=1S/C13H21FN2O2S/c1-3-16(4-2)10-9-15-19(17,18)11-12-5-7-13(14)8-6-12/h5-8,15H,3-4,9-11H2,1-2H3/p+1. The minimum absolute atomic E-state index is 0.110. The molecule has 6 heteroatoms. The van der Waals surface area contributed by atoms with E-state index < -0.39 is 10.0 Å². The van der Waals surface area contributed by atoms with Gasteiger partial charge >= 0.3 is 0 Å². The maximum Gasteiger partial charge on any atom is 0.215 e. The lowest BCUT2D eigenvalue weighted by molar-refractivity contribution is -0.895. The van der Waals surface area contributed by atoms with Crippen molar-refractivity contribution >= 4 is 10.0 Å². The van der Waals surface area contributed by atoms with Crippen molar-refractivity contribution in [1.82, 2.24) is 4.72 Å². The van der Waals surface area contributed by atoms with Crippen molar-refractivity contribution in [3.05, 3.63) is 35.6 Å². The zero-order valence-corrected chi connectivity index (χ0v) is 12.3. The molecule has 0 aliphatic heterocycles. The molecule has 0 bridgehead atoms. The van der Waals surface area contributed by atoms with E-state index in [1.54, 1.807) is 0 Å². The Morgan fingerprint density at radius 2 is 1.74 bits per heavy atom. The summed E-state index contributed by atoms with van der Waals surface area (Å²) in [6.45, 7) is 7.32. The first kappa shape index (κ1) is 16.1. The predicted octanol–water partition coefficient (Wildman–Crippen LogP) is 0.170. The van der Waals surface area contributed by atoms with Crippen LogP contribution in [0.5, 0.6) is 0 Å². The number of sulfonamides is 1. The molecule has 1 rings (SSSR count). The Kier molecular flexibility index (Phi) is 6.41. The summed E-state index contributed by atoms with van der Waals surface area (Å²) in [6.07, 6.45) is 0. The van der Waals surface area contributed by atoms with Gasteiger partial charge in [0.25, 0.3) is 0 Å². The molecular weight excluding hydrogens is 267 g/mol. The third-order valence-electron chi connectivity index (χ3n) is 3.07. The van der Waals surface area contributed by atoms with Gasteiger partial charge in [0.2, 0.25) is 10.0 Å². The van der Waals surface area contributed by atoms with E-state index >= 15 is 0 Å². The molecule has 0 atom stereocenters. The average Bonchev–Trinajstić information content (AvgIpc) is 2.37. The highest BCUT2D eigenvalue weighted by Crippen LogP contribution is 2.06. The van der Waals surface area contributed by atoms with E-state index in [0.717, 1.165) is 19.6 Å². The monoisotopic (exact) mass is 289 g/mol. The summed E-state index contributed by atoms with van der Waals surface area (Å²) >= 11 is 0. The fourth-order valence-electron chi connectivity index (χ4n) is 1.84. The van der Waals surface area contributed by atoms with E-state index in [4.69, 9.17) is 0 Å². The minimum Gasteiger partial charge on any atom is -0.334 e. The number of hydrogen-bond acceptors (Lipinski definition) is 2. The maximum atomic E-state index is 12.7. The molecule has 0 fully saturated rings. The highest BCUT2D eigenvalue weighted by Gasteiger charge is 2.12. The fraction of sp³-hybridized carbons (Fsp3) is 0.538. The summed E-state index contributed by atoms with van der Waals surface area (Å²) < 4.78 is 39.0. The van der Waals surface area contributed by atoms with Crippen molar-refractivity contribution in [2.45, 2.75) is 19.6 Å². The van der Waals surface area contributed by atoms with Gasteiger partial charge in [-0.1, -0.05) is 12.1 Å². The van der Waals surface area contributed by atoms with Crippen LogP contribution in [0.3, 0.4) is 0 Å². The quantitative estimate of drug-likeness (QED) is 0.717. The lowest BCUT2D eigenvalue weighted by atomic mass is 10.2. The minimum atomic E-state index is -3.35. The molecule has 0 amide bonds. The van der Waals surface area contributed by atoms with Crippen molar-refractivity contribution in [3.8, 4) is 0 Å². The Morgan fingerprint density at radius 1 is 1.16 bits per heavy atom. The molecule has 4 nitrogen and oxygen atoms in total. The largest absolute Gasteiger partial charge is 0.334 e. The van der Waals surface area contributed by atoms with Gasteiger partial charge in [-0.05, 0) is 31.5 Å². The van der Waals surface area contributed by atoms with Crippen LogP contribution in [0.25, 0.3) is 0 Å². The average molecular weight is 289 g/mol. The zero-order chi connectivity index (χ0) is 14.3. The predicted molar refractivity (Wildman–Crippen MR) is 73.9 cm³/mol. The van der Waals surface area contributed by atoms with Crippen LogP contribution in [0.1, 0.15) is 19.4 Å². The van der Waals surface area contributed by atoms with Crippen molar-refractivity contribution in [2.75, 3.05) is 26.2 Å². The number of nitrogens with one attached hydrogen (secondary N) is 2. The van der Waals surface area contributed by atoms with Crippen LogP contribution in [0.15, 0.2) is 24.3 Å². The van der Waals surface area contributed by atoms with Gasteiger partial charge in [-0.2, -0.15) is 0 Å². The molecule has 0 aliphatic carbocycles. The molecule has 0 aliphatic rings. The summed E-state index contributed by atoms with van der Waals surface area (Å²) in [7, 11) is -3.35. The van der Waals surface area contributed by atoms with Gasteiger partial charge in [0.1, 0.15) is 5.82 Å². The van der Waals surface area contributed by atoms with Crippen LogP contribution in [-0.4, -0.2) is 34.6 Å². The molecule has 0 unspecified atom stereocenters. The van der Waals surface area contributed by atoms with Crippen molar-refractivity contribution < 1.29 is 17.7 Å². The Balaban J connectivity index is 2.46. The van der Waals surface area contributed by atoms with Crippen LogP contribution in [0.2, 0.25) is 0 Å². The molecule has 1 aromatic rings. The van der Waals surface area contributed by atoms with Gasteiger partial charge in [-0.25, -0.2) is 17.5 Å². The first-order chi connectivity index (χ1) is 8.96. The number of quaternary nitrogens is 1. The molecule has 0 spiro atoms. The van der Waals surface area contributed by atoms with Crippen LogP contribution < -0.4 is 9.62 Å². The summed E-state index contributed by atoms with van der Waals surface area (Å²) in [4.78, 5) is 1.35. The zero-order valence-electron chi connectivity index (χ0n) is 11.4. The summed E-state index contributed by atoms with van der Waals surface area (Å²) in [6, 6.07) is 5.52. The topological polar surface area (TPSA) is 50.6 Å². The van der Waals surface area contributed by atoms with Crippen LogP contribution in [0, 0.1) is 5.82 Å². The van der Waals surface area contributed by atoms with Crippen LogP contribution >= 0.6 is 0 Å². The summed E-state index contributed by atoms with van der Waals surface area (Å²) in [5.74, 6) is -0.472. The third kappa shape index (κ3) is 6.13. The van der Waals surface area contributed by atoms with Gasteiger partial charge in [0.15, 0.2) is 0 Å². The van der Waals surface area contributed by atoms with E-state index in [9.17, 15) is 12.8 Å². The number of rotatable bonds is 8. The van der Waals surface area contributed by atoms with Crippen LogP contribution in [-0.2, 0) is 15.8 Å². The Labute approximate surface area is 114 Å². The van der Waals surface area contributed by atoms with Gasteiger partial charge in [0.05, 0.1) is 31.9 Å². The van der Waals surface area contributed by atoms with E-state index in [1.165, 1.54) is 29.2 Å². The SMILES string of the molecule is CC[NH+](CC)CCNS(=O)(=O)Cc1ccc(F)cc1. The van der Waals surface area contributed by atoms with E-state index in [-0.39, 0.29) is 11.6 Å². The van der Waals surface area contributed by atoms with E-state index in [0.29, 0.717) is 12.1 Å². The second kappa shape index (κ2) is 7.57. The highest BCUT2D eigenvalue weighted by atomic mass is 32.2. The lowest BCUT2D eigenvalue weighted by Gasteiger charge is -2.15. The number of halogens is 1. The Hall–Kier alpha value is -0.980. The maximum absolute atomic E-state index is 12.7. The Morgan fingerprint density at radius 3 is 2.26 bits per heavy atom. The molecule has 2 N–H and O–H groups in total. The number of hydrogen-bond donors (Lipinski definition) is 2. The molecule has 0 saturated heterocycles. The van der Waals surface area contributed by atoms with E-state index in [1.807, 2.05) is 0 Å².